The average molecular weight is 543 g/mol. The number of benzene rings is 3. The number of carbonyl (C=O) groups is 2. The number of hydrogen-bond donors (Lipinski definition) is 0. The first-order valence-corrected chi connectivity index (χ1v) is 15.2. The van der Waals surface area contributed by atoms with Gasteiger partial charge >= 0.3 is 11.9 Å². The molecule has 0 N–H and O–H groups in total. The van der Waals surface area contributed by atoms with Crippen molar-refractivity contribution in [2.24, 2.45) is 0 Å². The predicted molar refractivity (Wildman–Crippen MR) is 164 cm³/mol. The van der Waals surface area contributed by atoms with Gasteiger partial charge in [-0.25, -0.2) is 9.59 Å². The molecule has 0 saturated carbocycles. The van der Waals surface area contributed by atoms with Crippen LogP contribution in [-0.4, -0.2) is 18.0 Å². The highest BCUT2D eigenvalue weighted by Crippen LogP contribution is 2.23. The number of carbonyl (C=O) groups excluding carboxylic acids is 2. The minimum Gasteiger partial charge on any atom is -0.459 e. The number of aryl methyl sites for hydroxylation is 1. The first kappa shape index (κ1) is 31.1. The van der Waals surface area contributed by atoms with Gasteiger partial charge in [0.05, 0.1) is 17.2 Å². The maximum atomic E-state index is 12.7. The van der Waals surface area contributed by atoms with E-state index in [1.165, 1.54) is 56.9 Å². The van der Waals surface area contributed by atoms with E-state index < -0.39 is 5.97 Å². The summed E-state index contributed by atoms with van der Waals surface area (Å²) in [5.41, 5.74) is 4.48. The third-order valence-corrected chi connectivity index (χ3v) is 7.30. The standard InChI is InChI=1S/C36H46O4/c1-4-6-8-10-11-13-15-29-16-18-30(19-17-29)31-20-22-32(23-21-31)36(38)40-34-26-24-33(25-27-34)35(37)39-28(3)14-12-9-7-5-2/h16-28H,4-15H2,1-3H3/t28-/m1/s1. The Morgan fingerprint density at radius 2 is 1.10 bits per heavy atom. The summed E-state index contributed by atoms with van der Waals surface area (Å²) in [7, 11) is 0. The van der Waals surface area contributed by atoms with Crippen molar-refractivity contribution in [1.29, 1.82) is 0 Å². The summed E-state index contributed by atoms with van der Waals surface area (Å²) >= 11 is 0. The molecule has 214 valence electrons. The van der Waals surface area contributed by atoms with Crippen LogP contribution in [0.15, 0.2) is 72.8 Å². The van der Waals surface area contributed by atoms with Gasteiger partial charge in [-0.15, -0.1) is 0 Å². The Balaban J connectivity index is 1.46. The molecule has 40 heavy (non-hydrogen) atoms. The van der Waals surface area contributed by atoms with Crippen molar-refractivity contribution < 1.29 is 19.1 Å². The van der Waals surface area contributed by atoms with Gasteiger partial charge < -0.3 is 9.47 Å². The summed E-state index contributed by atoms with van der Waals surface area (Å²) in [6, 6.07) is 22.7. The van der Waals surface area contributed by atoms with Gasteiger partial charge in [0.15, 0.2) is 0 Å². The van der Waals surface area contributed by atoms with E-state index in [1.54, 1.807) is 36.4 Å². The van der Waals surface area contributed by atoms with E-state index in [2.05, 4.69) is 38.1 Å². The monoisotopic (exact) mass is 542 g/mol. The number of hydrogen-bond acceptors (Lipinski definition) is 4. The molecule has 0 spiro atoms. The molecule has 0 aliphatic rings. The Hall–Kier alpha value is -3.40. The Morgan fingerprint density at radius 3 is 1.73 bits per heavy atom. The summed E-state index contributed by atoms with van der Waals surface area (Å²) in [5.74, 6) is -0.400. The Morgan fingerprint density at radius 1 is 0.600 bits per heavy atom. The molecule has 0 unspecified atom stereocenters. The Kier molecular flexibility index (Phi) is 13.5. The molecule has 0 fully saturated rings. The summed E-state index contributed by atoms with van der Waals surface area (Å²) in [5, 5.41) is 0. The molecular weight excluding hydrogens is 496 g/mol. The highest BCUT2D eigenvalue weighted by atomic mass is 16.5. The van der Waals surface area contributed by atoms with Gasteiger partial charge in [0.2, 0.25) is 0 Å². The van der Waals surface area contributed by atoms with Crippen molar-refractivity contribution in [1.82, 2.24) is 0 Å². The molecular formula is C36H46O4. The largest absolute Gasteiger partial charge is 0.459 e. The number of ether oxygens (including phenoxy) is 2. The van der Waals surface area contributed by atoms with Crippen LogP contribution in [0.2, 0.25) is 0 Å². The molecule has 0 aliphatic heterocycles. The molecule has 3 aromatic carbocycles. The van der Waals surface area contributed by atoms with E-state index >= 15 is 0 Å². The van der Waals surface area contributed by atoms with Crippen molar-refractivity contribution in [2.45, 2.75) is 104 Å². The van der Waals surface area contributed by atoms with Gasteiger partial charge in [0.25, 0.3) is 0 Å². The summed E-state index contributed by atoms with van der Waals surface area (Å²) in [4.78, 5) is 25.1. The van der Waals surface area contributed by atoms with Crippen LogP contribution < -0.4 is 4.74 Å². The fourth-order valence-corrected chi connectivity index (χ4v) is 4.77. The topological polar surface area (TPSA) is 52.6 Å². The predicted octanol–water partition coefficient (Wildman–Crippen LogP) is 9.99. The lowest BCUT2D eigenvalue weighted by molar-refractivity contribution is 0.0319. The van der Waals surface area contributed by atoms with Gasteiger partial charge in [-0.05, 0) is 85.7 Å². The fraction of sp³-hybridized carbons (Fsp3) is 0.444. The minimum atomic E-state index is -0.433. The minimum absolute atomic E-state index is 0.118. The second-order valence-electron chi connectivity index (χ2n) is 10.8. The van der Waals surface area contributed by atoms with Crippen molar-refractivity contribution in [3.05, 3.63) is 89.5 Å². The van der Waals surface area contributed by atoms with E-state index in [0.717, 1.165) is 36.8 Å². The van der Waals surface area contributed by atoms with E-state index in [4.69, 9.17) is 9.47 Å². The zero-order valence-electron chi connectivity index (χ0n) is 24.6. The van der Waals surface area contributed by atoms with Crippen LogP contribution in [0, 0.1) is 0 Å². The number of esters is 2. The molecule has 0 radical (unpaired) electrons. The second-order valence-corrected chi connectivity index (χ2v) is 10.8. The van der Waals surface area contributed by atoms with E-state index in [9.17, 15) is 9.59 Å². The number of unbranched alkanes of at least 4 members (excludes halogenated alkanes) is 8. The first-order chi connectivity index (χ1) is 19.5. The fourth-order valence-electron chi connectivity index (χ4n) is 4.77. The highest BCUT2D eigenvalue weighted by Gasteiger charge is 2.14. The molecule has 0 aromatic heterocycles. The molecule has 1 atom stereocenters. The van der Waals surface area contributed by atoms with Crippen LogP contribution in [0.5, 0.6) is 5.75 Å². The van der Waals surface area contributed by atoms with Crippen LogP contribution in [0.4, 0.5) is 0 Å². The van der Waals surface area contributed by atoms with Crippen LogP contribution in [0.1, 0.15) is 118 Å². The molecule has 0 heterocycles. The molecule has 0 bridgehead atoms. The normalized spacial score (nSPS) is 11.7. The van der Waals surface area contributed by atoms with Gasteiger partial charge in [-0.3, -0.25) is 0 Å². The first-order valence-electron chi connectivity index (χ1n) is 15.2. The van der Waals surface area contributed by atoms with E-state index in [-0.39, 0.29) is 12.1 Å². The SMILES string of the molecule is CCCCCCCCc1ccc(-c2ccc(C(=O)Oc3ccc(C(=O)O[C@H](C)CCCCCC)cc3)cc2)cc1. The second kappa shape index (κ2) is 17.3. The van der Waals surface area contributed by atoms with Crippen molar-refractivity contribution >= 4 is 11.9 Å². The van der Waals surface area contributed by atoms with Crippen LogP contribution in [0.25, 0.3) is 11.1 Å². The lowest BCUT2D eigenvalue weighted by atomic mass is 10.00. The quantitative estimate of drug-likeness (QED) is 0.0967. The maximum absolute atomic E-state index is 12.7. The van der Waals surface area contributed by atoms with Crippen molar-refractivity contribution in [3.63, 3.8) is 0 Å². The highest BCUT2D eigenvalue weighted by molar-refractivity contribution is 5.92. The average Bonchev–Trinajstić information content (AvgIpc) is 2.98. The van der Waals surface area contributed by atoms with Crippen LogP contribution >= 0.6 is 0 Å². The molecule has 3 aromatic rings. The number of rotatable bonds is 17. The summed E-state index contributed by atoms with van der Waals surface area (Å²) < 4.78 is 11.1. The van der Waals surface area contributed by atoms with Gasteiger partial charge in [0, 0.05) is 0 Å². The zero-order chi connectivity index (χ0) is 28.6. The van der Waals surface area contributed by atoms with Crippen LogP contribution in [-0.2, 0) is 11.2 Å². The molecule has 0 saturated heterocycles. The third kappa shape index (κ3) is 10.6. The van der Waals surface area contributed by atoms with Crippen molar-refractivity contribution in [3.8, 4) is 16.9 Å². The van der Waals surface area contributed by atoms with Gasteiger partial charge in [0.1, 0.15) is 5.75 Å². The molecule has 3 rings (SSSR count). The summed E-state index contributed by atoms with van der Waals surface area (Å²) in [6.07, 6.45) is 14.3. The third-order valence-electron chi connectivity index (χ3n) is 7.30. The lowest BCUT2D eigenvalue weighted by Crippen LogP contribution is -2.15. The van der Waals surface area contributed by atoms with Crippen LogP contribution in [0.3, 0.4) is 0 Å². The Labute approximate surface area is 241 Å². The zero-order valence-corrected chi connectivity index (χ0v) is 24.6. The molecule has 0 aliphatic carbocycles. The van der Waals surface area contributed by atoms with Gasteiger partial charge in [-0.2, -0.15) is 0 Å². The molecule has 4 nitrogen and oxygen atoms in total. The van der Waals surface area contributed by atoms with E-state index in [0.29, 0.717) is 16.9 Å². The maximum Gasteiger partial charge on any atom is 0.343 e. The lowest BCUT2D eigenvalue weighted by Gasteiger charge is -2.13. The Bertz CT molecular complexity index is 1150. The molecule has 0 amide bonds. The van der Waals surface area contributed by atoms with Crippen molar-refractivity contribution in [2.75, 3.05) is 0 Å². The van der Waals surface area contributed by atoms with E-state index in [1.807, 2.05) is 19.1 Å². The summed E-state index contributed by atoms with van der Waals surface area (Å²) in [6.45, 7) is 6.36. The molecule has 4 heteroatoms. The van der Waals surface area contributed by atoms with Gasteiger partial charge in [-0.1, -0.05) is 102 Å². The smallest absolute Gasteiger partial charge is 0.343 e.